The Balaban J connectivity index is 2.80. The first kappa shape index (κ1) is 16.8. The monoisotopic (exact) mass is 307 g/mol. The van der Waals surface area contributed by atoms with Gasteiger partial charge in [0.25, 0.3) is 10.2 Å². The summed E-state index contributed by atoms with van der Waals surface area (Å²) in [4.78, 5) is 0.362. The normalized spacial score (nSPS) is 23.5. The van der Waals surface area contributed by atoms with Crippen LogP contribution < -0.4 is 5.73 Å². The van der Waals surface area contributed by atoms with Gasteiger partial charge in [0.1, 0.15) is 0 Å². The molecule has 1 aliphatic heterocycles. The third-order valence-corrected chi connectivity index (χ3v) is 6.03. The largest absolute Gasteiger partial charge is 0.393 e. The van der Waals surface area contributed by atoms with Crippen LogP contribution in [0, 0.1) is 11.8 Å². The van der Waals surface area contributed by atoms with Gasteiger partial charge in [-0.15, -0.1) is 0 Å². The minimum absolute atomic E-state index is 0.105. The molecule has 0 amide bonds. The molecule has 0 aromatic carbocycles. The Labute approximate surface area is 122 Å². The van der Waals surface area contributed by atoms with Crippen molar-refractivity contribution in [2.45, 2.75) is 33.6 Å². The topological polar surface area (TPSA) is 66.6 Å². The predicted molar refractivity (Wildman–Crippen MR) is 82.1 cm³/mol. The molecule has 7 heteroatoms. The summed E-state index contributed by atoms with van der Waals surface area (Å²) in [7, 11) is -3.38. The van der Waals surface area contributed by atoms with Crippen molar-refractivity contribution in [2.24, 2.45) is 17.6 Å². The molecule has 5 nitrogen and oxygen atoms in total. The van der Waals surface area contributed by atoms with Crippen LogP contribution in [0.4, 0.5) is 0 Å². The summed E-state index contributed by atoms with van der Waals surface area (Å²) in [5.74, 6) is 0.321. The van der Waals surface area contributed by atoms with Gasteiger partial charge in [0, 0.05) is 32.1 Å². The summed E-state index contributed by atoms with van der Waals surface area (Å²) in [6.45, 7) is 7.83. The van der Waals surface area contributed by atoms with E-state index in [2.05, 4.69) is 6.92 Å². The zero-order valence-corrected chi connectivity index (χ0v) is 13.6. The molecule has 1 aliphatic rings. The smallest absolute Gasteiger partial charge is 0.281 e. The molecule has 0 radical (unpaired) electrons. The zero-order valence-electron chi connectivity index (χ0n) is 12.0. The van der Waals surface area contributed by atoms with Gasteiger partial charge in [-0.25, -0.2) is 0 Å². The molecular weight excluding hydrogens is 282 g/mol. The summed E-state index contributed by atoms with van der Waals surface area (Å²) in [5.41, 5.74) is 5.58. The average Bonchev–Trinajstić information content (AvgIpc) is 2.35. The Hall–Kier alpha value is -0.240. The Morgan fingerprint density at radius 2 is 2.21 bits per heavy atom. The van der Waals surface area contributed by atoms with Gasteiger partial charge >= 0.3 is 0 Å². The Morgan fingerprint density at radius 1 is 1.58 bits per heavy atom. The molecule has 19 heavy (non-hydrogen) atoms. The van der Waals surface area contributed by atoms with Crippen molar-refractivity contribution >= 4 is 27.4 Å². The van der Waals surface area contributed by atoms with Crippen LogP contribution in [-0.2, 0) is 10.2 Å². The number of hydrogen-bond donors (Lipinski definition) is 1. The fourth-order valence-electron chi connectivity index (χ4n) is 2.30. The number of nitrogens with zero attached hydrogens (tertiary/aromatic N) is 2. The maximum absolute atomic E-state index is 12.6. The van der Waals surface area contributed by atoms with E-state index >= 15 is 0 Å². The second-order valence-electron chi connectivity index (χ2n) is 5.37. The Morgan fingerprint density at radius 3 is 2.68 bits per heavy atom. The molecule has 1 fully saturated rings. The quantitative estimate of drug-likeness (QED) is 0.749. The van der Waals surface area contributed by atoms with E-state index in [-0.39, 0.29) is 5.92 Å². The molecule has 0 aromatic rings. The van der Waals surface area contributed by atoms with Gasteiger partial charge in [-0.05, 0) is 18.8 Å². The highest BCUT2D eigenvalue weighted by atomic mass is 32.2. The van der Waals surface area contributed by atoms with Crippen molar-refractivity contribution in [1.82, 2.24) is 8.61 Å². The lowest BCUT2D eigenvalue weighted by molar-refractivity contribution is 0.256. The van der Waals surface area contributed by atoms with Crippen LogP contribution in [0.15, 0.2) is 0 Å². The van der Waals surface area contributed by atoms with Crippen molar-refractivity contribution in [3.05, 3.63) is 0 Å². The highest BCUT2D eigenvalue weighted by molar-refractivity contribution is 7.86. The van der Waals surface area contributed by atoms with Gasteiger partial charge in [-0.2, -0.15) is 17.0 Å². The summed E-state index contributed by atoms with van der Waals surface area (Å²) >= 11 is 4.93. The van der Waals surface area contributed by atoms with Crippen molar-refractivity contribution in [3.8, 4) is 0 Å². The molecule has 1 heterocycles. The molecular formula is C12H25N3O2S2. The third-order valence-electron chi connectivity index (χ3n) is 3.59. The van der Waals surface area contributed by atoms with Crippen LogP contribution in [0.1, 0.15) is 33.6 Å². The fourth-order valence-corrected chi connectivity index (χ4v) is 4.24. The van der Waals surface area contributed by atoms with Crippen molar-refractivity contribution < 1.29 is 8.42 Å². The lowest BCUT2D eigenvalue weighted by Crippen LogP contribution is -2.49. The molecule has 0 spiro atoms. The molecule has 1 saturated heterocycles. The summed E-state index contributed by atoms with van der Waals surface area (Å²) in [5, 5.41) is 0. The van der Waals surface area contributed by atoms with Crippen molar-refractivity contribution in [3.63, 3.8) is 0 Å². The standard InChI is InChI=1S/C12H25N3O2S2/c1-4-14(9-11(3)12(13)18)19(16,17)15-7-5-6-10(2)8-15/h10-11H,4-9H2,1-3H3,(H2,13,18). The average molecular weight is 307 g/mol. The van der Waals surface area contributed by atoms with E-state index < -0.39 is 10.2 Å². The summed E-state index contributed by atoms with van der Waals surface area (Å²) in [6, 6.07) is 0. The Kier molecular flexibility index (Phi) is 6.16. The number of piperidine rings is 1. The third kappa shape index (κ3) is 4.37. The van der Waals surface area contributed by atoms with E-state index in [0.717, 1.165) is 12.8 Å². The lowest BCUT2D eigenvalue weighted by Gasteiger charge is -2.34. The molecule has 2 unspecified atom stereocenters. The molecule has 2 atom stereocenters. The molecule has 1 rings (SSSR count). The zero-order chi connectivity index (χ0) is 14.6. The van der Waals surface area contributed by atoms with Gasteiger partial charge in [-0.1, -0.05) is 33.0 Å². The fraction of sp³-hybridized carbons (Fsp3) is 0.917. The van der Waals surface area contributed by atoms with Gasteiger partial charge in [-0.3, -0.25) is 0 Å². The van der Waals surface area contributed by atoms with Crippen molar-refractivity contribution in [1.29, 1.82) is 0 Å². The summed E-state index contributed by atoms with van der Waals surface area (Å²) < 4.78 is 28.3. The van der Waals surface area contributed by atoms with Gasteiger partial charge in [0.15, 0.2) is 0 Å². The lowest BCUT2D eigenvalue weighted by atomic mass is 10.0. The minimum atomic E-state index is -3.38. The van der Waals surface area contributed by atoms with E-state index in [4.69, 9.17) is 18.0 Å². The van der Waals surface area contributed by atoms with Crippen LogP contribution in [-0.4, -0.2) is 48.2 Å². The van der Waals surface area contributed by atoms with Gasteiger partial charge in [0.2, 0.25) is 0 Å². The minimum Gasteiger partial charge on any atom is -0.393 e. The SMILES string of the molecule is CCN(CC(C)C(N)=S)S(=O)(=O)N1CCCC(C)C1. The Bertz CT molecular complexity index is 411. The van der Waals surface area contributed by atoms with E-state index in [1.165, 1.54) is 4.31 Å². The maximum atomic E-state index is 12.6. The van der Waals surface area contributed by atoms with E-state index in [9.17, 15) is 8.42 Å². The molecule has 0 saturated carbocycles. The predicted octanol–water partition coefficient (Wildman–Crippen LogP) is 1.21. The molecule has 112 valence electrons. The highest BCUT2D eigenvalue weighted by Gasteiger charge is 2.32. The van der Waals surface area contributed by atoms with Crippen LogP contribution >= 0.6 is 12.2 Å². The van der Waals surface area contributed by atoms with E-state index in [0.29, 0.717) is 37.1 Å². The van der Waals surface area contributed by atoms with Crippen LogP contribution in [0.5, 0.6) is 0 Å². The molecule has 0 bridgehead atoms. The first-order chi connectivity index (χ1) is 8.78. The van der Waals surface area contributed by atoms with Crippen LogP contribution in [0.2, 0.25) is 0 Å². The highest BCUT2D eigenvalue weighted by Crippen LogP contribution is 2.21. The molecule has 2 N–H and O–H groups in total. The van der Waals surface area contributed by atoms with Crippen molar-refractivity contribution in [2.75, 3.05) is 26.2 Å². The first-order valence-electron chi connectivity index (χ1n) is 6.83. The van der Waals surface area contributed by atoms with Crippen LogP contribution in [0.25, 0.3) is 0 Å². The number of thiocarbonyl (C=S) groups is 1. The first-order valence-corrected chi connectivity index (χ1v) is 8.64. The maximum Gasteiger partial charge on any atom is 0.281 e. The second kappa shape index (κ2) is 6.97. The summed E-state index contributed by atoms with van der Waals surface area (Å²) in [6.07, 6.45) is 2.03. The number of nitrogens with two attached hydrogens (primary N) is 1. The van der Waals surface area contributed by atoms with Gasteiger partial charge in [0.05, 0.1) is 4.99 Å². The molecule has 0 aromatic heterocycles. The number of rotatable bonds is 6. The molecule has 0 aliphatic carbocycles. The number of hydrogen-bond acceptors (Lipinski definition) is 3. The second-order valence-corrected chi connectivity index (χ2v) is 7.77. The van der Waals surface area contributed by atoms with Crippen LogP contribution in [0.3, 0.4) is 0 Å². The van der Waals surface area contributed by atoms with Gasteiger partial charge < -0.3 is 5.73 Å². The van der Waals surface area contributed by atoms with E-state index in [1.54, 1.807) is 4.31 Å². The van der Waals surface area contributed by atoms with E-state index in [1.807, 2.05) is 13.8 Å².